The lowest BCUT2D eigenvalue weighted by Crippen LogP contribution is -2.32. The quantitative estimate of drug-likeness (QED) is 0.804. The number of rotatable bonds is 2. The highest BCUT2D eigenvalue weighted by Crippen LogP contribution is 2.37. The van der Waals surface area contributed by atoms with Crippen molar-refractivity contribution in [2.24, 2.45) is 0 Å². The van der Waals surface area contributed by atoms with Crippen LogP contribution in [0.25, 0.3) is 0 Å². The maximum absolute atomic E-state index is 12.3. The molecule has 0 bridgehead atoms. The summed E-state index contributed by atoms with van der Waals surface area (Å²) in [5, 5.41) is 2.52. The highest BCUT2D eigenvalue weighted by Gasteiger charge is 2.30. The molecule has 1 heterocycles. The number of halogens is 3. The van der Waals surface area contributed by atoms with Gasteiger partial charge in [-0.3, -0.25) is 4.79 Å². The zero-order chi connectivity index (χ0) is 14.2. The van der Waals surface area contributed by atoms with Crippen LogP contribution in [0.3, 0.4) is 0 Å². The molecule has 0 atom stereocenters. The van der Waals surface area contributed by atoms with Gasteiger partial charge in [-0.15, -0.1) is 0 Å². The van der Waals surface area contributed by atoms with Gasteiger partial charge in [-0.2, -0.15) is 13.2 Å². The summed E-state index contributed by atoms with van der Waals surface area (Å²) < 4.78 is 42.2. The molecule has 0 unspecified atom stereocenters. The number of anilines is 3. The SMILES string of the molecule is CN(CC(F)(F)F)c1cc2c(cc1N)OCC(=O)N2. The lowest BCUT2D eigenvalue weighted by molar-refractivity contribution is -0.119. The van der Waals surface area contributed by atoms with Crippen molar-refractivity contribution in [1.82, 2.24) is 0 Å². The minimum Gasteiger partial charge on any atom is -0.482 e. The van der Waals surface area contributed by atoms with Gasteiger partial charge in [0.2, 0.25) is 0 Å². The summed E-state index contributed by atoms with van der Waals surface area (Å²) in [6, 6.07) is 2.77. The van der Waals surface area contributed by atoms with E-state index in [1.807, 2.05) is 0 Å². The van der Waals surface area contributed by atoms with Crippen molar-refractivity contribution in [3.63, 3.8) is 0 Å². The predicted molar refractivity (Wildman–Crippen MR) is 64.3 cm³/mol. The Bertz CT molecular complexity index is 517. The van der Waals surface area contributed by atoms with Crippen LogP contribution in [0.15, 0.2) is 12.1 Å². The summed E-state index contributed by atoms with van der Waals surface area (Å²) in [5.41, 5.74) is 6.35. The Morgan fingerprint density at radius 3 is 2.79 bits per heavy atom. The van der Waals surface area contributed by atoms with Gasteiger partial charge in [0.1, 0.15) is 12.3 Å². The molecule has 5 nitrogen and oxygen atoms in total. The number of carbonyl (C=O) groups excluding carboxylic acids is 1. The fourth-order valence-corrected chi connectivity index (χ4v) is 1.82. The topological polar surface area (TPSA) is 67.6 Å². The fourth-order valence-electron chi connectivity index (χ4n) is 1.82. The molecule has 19 heavy (non-hydrogen) atoms. The Morgan fingerprint density at radius 2 is 2.16 bits per heavy atom. The second kappa shape index (κ2) is 4.52. The Kier molecular flexibility index (Phi) is 3.17. The summed E-state index contributed by atoms with van der Waals surface area (Å²) in [7, 11) is 1.27. The molecule has 8 heteroatoms. The number of hydrogen-bond acceptors (Lipinski definition) is 4. The zero-order valence-electron chi connectivity index (χ0n) is 10.0. The molecule has 0 aliphatic carbocycles. The first kappa shape index (κ1) is 13.3. The number of fused-ring (bicyclic) bond motifs is 1. The van der Waals surface area contributed by atoms with Crippen molar-refractivity contribution in [2.75, 3.05) is 36.1 Å². The molecule has 1 aliphatic heterocycles. The van der Waals surface area contributed by atoms with Crippen molar-refractivity contribution in [1.29, 1.82) is 0 Å². The molecule has 2 rings (SSSR count). The van der Waals surface area contributed by atoms with Crippen LogP contribution in [-0.2, 0) is 4.79 Å². The van der Waals surface area contributed by atoms with Gasteiger partial charge in [0, 0.05) is 13.1 Å². The molecule has 0 spiro atoms. The summed E-state index contributed by atoms with van der Waals surface area (Å²) >= 11 is 0. The van der Waals surface area contributed by atoms with E-state index in [9.17, 15) is 18.0 Å². The average molecular weight is 275 g/mol. The number of benzene rings is 1. The minimum absolute atomic E-state index is 0.135. The Labute approximate surface area is 107 Å². The molecule has 0 saturated carbocycles. The van der Waals surface area contributed by atoms with Crippen LogP contribution in [0, 0.1) is 0 Å². The van der Waals surface area contributed by atoms with Crippen LogP contribution in [0.1, 0.15) is 0 Å². The van der Waals surface area contributed by atoms with Gasteiger partial charge in [0.15, 0.2) is 6.61 Å². The first-order valence-corrected chi connectivity index (χ1v) is 5.40. The summed E-state index contributed by atoms with van der Waals surface area (Å²) in [6.07, 6.45) is -4.34. The Balaban J connectivity index is 2.31. The van der Waals surface area contributed by atoms with Gasteiger partial charge in [-0.25, -0.2) is 0 Å². The molecule has 1 aliphatic rings. The predicted octanol–water partition coefficient (Wildman–Crippen LogP) is 1.60. The van der Waals surface area contributed by atoms with Gasteiger partial charge < -0.3 is 20.7 Å². The molecule has 0 saturated heterocycles. The summed E-state index contributed by atoms with van der Waals surface area (Å²) in [4.78, 5) is 12.1. The minimum atomic E-state index is -4.34. The van der Waals surface area contributed by atoms with Gasteiger partial charge in [0.25, 0.3) is 5.91 Å². The zero-order valence-corrected chi connectivity index (χ0v) is 10.0. The van der Waals surface area contributed by atoms with Crippen molar-refractivity contribution in [2.45, 2.75) is 6.18 Å². The Hall–Kier alpha value is -2.12. The number of ether oxygens (including phenoxy) is 1. The van der Waals surface area contributed by atoms with Crippen molar-refractivity contribution < 1.29 is 22.7 Å². The molecule has 1 amide bonds. The van der Waals surface area contributed by atoms with Crippen LogP contribution in [-0.4, -0.2) is 32.3 Å². The smallest absolute Gasteiger partial charge is 0.405 e. The molecule has 0 fully saturated rings. The van der Waals surface area contributed by atoms with Gasteiger partial charge in [-0.05, 0) is 6.07 Å². The number of amides is 1. The molecule has 3 N–H and O–H groups in total. The third kappa shape index (κ3) is 3.01. The van der Waals surface area contributed by atoms with Crippen LogP contribution < -0.4 is 20.7 Å². The number of carbonyl (C=O) groups is 1. The average Bonchev–Trinajstić information content (AvgIpc) is 2.26. The third-order valence-corrected chi connectivity index (χ3v) is 2.59. The van der Waals surface area contributed by atoms with Crippen LogP contribution in [0.5, 0.6) is 5.75 Å². The van der Waals surface area contributed by atoms with E-state index in [1.54, 1.807) is 0 Å². The third-order valence-electron chi connectivity index (χ3n) is 2.59. The van der Waals surface area contributed by atoms with E-state index >= 15 is 0 Å². The lowest BCUT2D eigenvalue weighted by Gasteiger charge is -2.25. The number of nitrogens with two attached hydrogens (primary N) is 1. The van der Waals surface area contributed by atoms with E-state index in [-0.39, 0.29) is 23.9 Å². The number of alkyl halides is 3. The van der Waals surface area contributed by atoms with E-state index in [4.69, 9.17) is 10.5 Å². The highest BCUT2D eigenvalue weighted by atomic mass is 19.4. The Morgan fingerprint density at radius 1 is 1.47 bits per heavy atom. The van der Waals surface area contributed by atoms with E-state index in [2.05, 4.69) is 5.32 Å². The van der Waals surface area contributed by atoms with Crippen LogP contribution >= 0.6 is 0 Å². The van der Waals surface area contributed by atoms with Gasteiger partial charge in [0.05, 0.1) is 17.1 Å². The number of nitrogen functional groups attached to an aromatic ring is 1. The largest absolute Gasteiger partial charge is 0.482 e. The molecular formula is C11H12F3N3O2. The van der Waals surface area contributed by atoms with Crippen LogP contribution in [0.4, 0.5) is 30.2 Å². The number of nitrogens with zero attached hydrogens (tertiary/aromatic N) is 1. The van der Waals surface area contributed by atoms with Crippen LogP contribution in [0.2, 0.25) is 0 Å². The molecule has 104 valence electrons. The molecule has 1 aromatic carbocycles. The maximum atomic E-state index is 12.3. The second-order valence-electron chi connectivity index (χ2n) is 4.22. The second-order valence-corrected chi connectivity index (χ2v) is 4.22. The summed E-state index contributed by atoms with van der Waals surface area (Å²) in [6.45, 7) is -1.27. The first-order chi connectivity index (χ1) is 8.76. The molecule has 0 radical (unpaired) electrons. The van der Waals surface area contributed by atoms with Gasteiger partial charge in [-0.1, -0.05) is 0 Å². The van der Waals surface area contributed by atoms with E-state index in [0.29, 0.717) is 11.4 Å². The van der Waals surface area contributed by atoms with E-state index in [1.165, 1.54) is 19.2 Å². The van der Waals surface area contributed by atoms with Crippen molar-refractivity contribution >= 4 is 23.0 Å². The highest BCUT2D eigenvalue weighted by molar-refractivity contribution is 5.97. The molecule has 1 aromatic rings. The van der Waals surface area contributed by atoms with E-state index in [0.717, 1.165) is 4.90 Å². The maximum Gasteiger partial charge on any atom is 0.405 e. The molecular weight excluding hydrogens is 263 g/mol. The molecule has 0 aromatic heterocycles. The van der Waals surface area contributed by atoms with Crippen molar-refractivity contribution in [3.8, 4) is 5.75 Å². The van der Waals surface area contributed by atoms with E-state index < -0.39 is 12.7 Å². The van der Waals surface area contributed by atoms with Crippen molar-refractivity contribution in [3.05, 3.63) is 12.1 Å². The standard InChI is InChI=1S/C11H12F3N3O2/c1-17(5-11(12,13)14)8-3-7-9(2-6(8)15)19-4-10(18)16-7/h2-3H,4-5,15H2,1H3,(H,16,18). The lowest BCUT2D eigenvalue weighted by atomic mass is 10.2. The first-order valence-electron chi connectivity index (χ1n) is 5.40. The normalized spacial score (nSPS) is 14.4. The summed E-state index contributed by atoms with van der Waals surface area (Å²) in [5.74, 6) is -0.0112. The van der Waals surface area contributed by atoms with Gasteiger partial charge >= 0.3 is 6.18 Å². The number of nitrogens with one attached hydrogen (secondary N) is 1. The fraction of sp³-hybridized carbons (Fsp3) is 0.364. The number of hydrogen-bond donors (Lipinski definition) is 2. The monoisotopic (exact) mass is 275 g/mol.